The van der Waals surface area contributed by atoms with E-state index >= 15 is 0 Å². The number of esters is 1. The summed E-state index contributed by atoms with van der Waals surface area (Å²) in [4.78, 5) is 33.8. The van der Waals surface area contributed by atoms with Crippen molar-refractivity contribution in [2.24, 2.45) is 5.92 Å². The van der Waals surface area contributed by atoms with Crippen molar-refractivity contribution in [2.75, 3.05) is 0 Å². The molecular formula is C20H20N2O3S. The highest BCUT2D eigenvalue weighted by molar-refractivity contribution is 7.14. The molecule has 1 N–H and O–H groups in total. The molecule has 0 saturated carbocycles. The molecule has 0 fully saturated rings. The average Bonchev–Trinajstić information content (AvgIpc) is 3.05. The van der Waals surface area contributed by atoms with Gasteiger partial charge in [-0.2, -0.15) is 0 Å². The first-order chi connectivity index (χ1) is 12.5. The van der Waals surface area contributed by atoms with Gasteiger partial charge in [0.15, 0.2) is 11.9 Å². The predicted molar refractivity (Wildman–Crippen MR) is 102 cm³/mol. The molecule has 4 rings (SSSR count). The van der Waals surface area contributed by atoms with Crippen LogP contribution in [-0.2, 0) is 17.6 Å². The zero-order valence-electron chi connectivity index (χ0n) is 14.7. The molecule has 0 spiro atoms. The molecule has 0 bridgehead atoms. The number of hydrogen-bond acceptors (Lipinski definition) is 5. The number of rotatable bonds is 3. The largest absolute Gasteiger partial charge is 0.450 e. The maximum atomic E-state index is 12.5. The van der Waals surface area contributed by atoms with Gasteiger partial charge >= 0.3 is 5.97 Å². The molecule has 2 heterocycles. The van der Waals surface area contributed by atoms with Crippen LogP contribution >= 0.6 is 11.3 Å². The summed E-state index contributed by atoms with van der Waals surface area (Å²) in [7, 11) is 0. The number of aryl methyl sites for hydroxylation is 1. The Hall–Kier alpha value is -2.47. The molecule has 134 valence electrons. The predicted octanol–water partition coefficient (Wildman–Crippen LogP) is 4.03. The lowest BCUT2D eigenvalue weighted by Gasteiger charge is -2.16. The molecule has 0 amide bonds. The van der Waals surface area contributed by atoms with Crippen molar-refractivity contribution < 1.29 is 9.53 Å². The minimum absolute atomic E-state index is 0.228. The van der Waals surface area contributed by atoms with E-state index in [0.717, 1.165) is 12.8 Å². The topological polar surface area (TPSA) is 72.0 Å². The second kappa shape index (κ2) is 6.68. The van der Waals surface area contributed by atoms with Gasteiger partial charge in [-0.15, -0.1) is 11.3 Å². The number of thiophene rings is 1. The smallest absolute Gasteiger partial charge is 0.349 e. The summed E-state index contributed by atoms with van der Waals surface area (Å²) >= 11 is 1.52. The molecule has 0 radical (unpaired) electrons. The Labute approximate surface area is 155 Å². The van der Waals surface area contributed by atoms with Crippen molar-refractivity contribution in [3.8, 4) is 0 Å². The van der Waals surface area contributed by atoms with E-state index in [-0.39, 0.29) is 11.5 Å². The molecule has 0 unspecified atom stereocenters. The number of carbonyl (C=O) groups excluding carboxylic acids is 1. The van der Waals surface area contributed by atoms with E-state index in [0.29, 0.717) is 27.5 Å². The van der Waals surface area contributed by atoms with Crippen LogP contribution in [0, 0.1) is 5.92 Å². The fourth-order valence-corrected chi connectivity index (χ4v) is 4.47. The number of ether oxygens (including phenoxy) is 1. The Balaban J connectivity index is 1.55. The fourth-order valence-electron chi connectivity index (χ4n) is 3.38. The summed E-state index contributed by atoms with van der Waals surface area (Å²) in [6.45, 7) is 3.96. The second-order valence-electron chi connectivity index (χ2n) is 6.92. The van der Waals surface area contributed by atoms with Gasteiger partial charge in [-0.25, -0.2) is 9.78 Å². The van der Waals surface area contributed by atoms with Crippen molar-refractivity contribution in [3.63, 3.8) is 0 Å². The maximum Gasteiger partial charge on any atom is 0.349 e. The quantitative estimate of drug-likeness (QED) is 0.709. The molecule has 3 aromatic rings. The van der Waals surface area contributed by atoms with Crippen molar-refractivity contribution in [1.29, 1.82) is 0 Å². The number of H-pyrrole nitrogens is 1. The third kappa shape index (κ3) is 3.17. The van der Waals surface area contributed by atoms with Gasteiger partial charge in [0.2, 0.25) is 0 Å². The SMILES string of the molecule is C[C@H]1CCc2sc(C(=O)O[C@H](C)c3nc4ccccc4c(=O)[nH]3)cc2C1. The Kier molecular flexibility index (Phi) is 4.36. The number of nitrogens with zero attached hydrogens (tertiary/aromatic N) is 1. The fraction of sp³-hybridized carbons (Fsp3) is 0.350. The Morgan fingerprint density at radius 1 is 1.38 bits per heavy atom. The number of aromatic amines is 1. The lowest BCUT2D eigenvalue weighted by molar-refractivity contribution is 0.0326. The van der Waals surface area contributed by atoms with Crippen LogP contribution in [0.3, 0.4) is 0 Å². The highest BCUT2D eigenvalue weighted by Gasteiger charge is 2.23. The highest BCUT2D eigenvalue weighted by atomic mass is 32.1. The number of nitrogens with one attached hydrogen (secondary N) is 1. The Morgan fingerprint density at radius 3 is 3.04 bits per heavy atom. The van der Waals surface area contributed by atoms with E-state index < -0.39 is 6.10 Å². The van der Waals surface area contributed by atoms with Gasteiger partial charge in [-0.05, 0) is 55.9 Å². The van der Waals surface area contributed by atoms with E-state index in [1.54, 1.807) is 25.1 Å². The second-order valence-corrected chi connectivity index (χ2v) is 8.06. The van der Waals surface area contributed by atoms with Crippen molar-refractivity contribution in [2.45, 2.75) is 39.2 Å². The number of benzene rings is 1. The minimum Gasteiger partial charge on any atom is -0.450 e. The lowest BCUT2D eigenvalue weighted by atomic mass is 9.90. The van der Waals surface area contributed by atoms with E-state index in [2.05, 4.69) is 16.9 Å². The van der Waals surface area contributed by atoms with Gasteiger partial charge < -0.3 is 9.72 Å². The molecule has 2 aromatic heterocycles. The van der Waals surface area contributed by atoms with Crippen molar-refractivity contribution in [1.82, 2.24) is 9.97 Å². The normalized spacial score (nSPS) is 17.7. The summed E-state index contributed by atoms with van der Waals surface area (Å²) in [6.07, 6.45) is 2.59. The summed E-state index contributed by atoms with van der Waals surface area (Å²) in [5.41, 5.74) is 1.63. The van der Waals surface area contributed by atoms with Gasteiger partial charge in [0.25, 0.3) is 5.56 Å². The number of fused-ring (bicyclic) bond motifs is 2. The van der Waals surface area contributed by atoms with Crippen molar-refractivity contribution in [3.05, 3.63) is 61.8 Å². The molecule has 1 aliphatic carbocycles. The summed E-state index contributed by atoms with van der Waals surface area (Å²) in [5, 5.41) is 0.523. The molecule has 5 nitrogen and oxygen atoms in total. The lowest BCUT2D eigenvalue weighted by Crippen LogP contribution is -2.17. The zero-order valence-corrected chi connectivity index (χ0v) is 15.6. The standard InChI is InChI=1S/C20H20N2O3S/c1-11-7-8-16-13(9-11)10-17(26-16)20(24)25-12(2)18-21-15-6-4-3-5-14(15)19(23)22-18/h3-6,10-12H,7-9H2,1-2H3,(H,21,22,23)/t11-,12+/m0/s1. The van der Waals surface area contributed by atoms with Crippen LogP contribution in [0.15, 0.2) is 35.1 Å². The highest BCUT2D eigenvalue weighted by Crippen LogP contribution is 2.33. The van der Waals surface area contributed by atoms with Crippen LogP contribution in [0.25, 0.3) is 10.9 Å². The molecule has 1 aromatic carbocycles. The van der Waals surface area contributed by atoms with Crippen LogP contribution in [0.5, 0.6) is 0 Å². The van der Waals surface area contributed by atoms with Crippen LogP contribution in [0.1, 0.15) is 52.3 Å². The number of para-hydroxylation sites is 1. The molecular weight excluding hydrogens is 348 g/mol. The minimum atomic E-state index is -0.627. The Bertz CT molecular complexity index is 1040. The van der Waals surface area contributed by atoms with Gasteiger partial charge in [-0.1, -0.05) is 19.1 Å². The number of hydrogen-bond donors (Lipinski definition) is 1. The van der Waals surface area contributed by atoms with E-state index in [1.807, 2.05) is 12.1 Å². The molecule has 0 aliphatic heterocycles. The molecule has 1 aliphatic rings. The summed E-state index contributed by atoms with van der Waals surface area (Å²) in [5.74, 6) is 0.657. The van der Waals surface area contributed by atoms with Crippen molar-refractivity contribution >= 4 is 28.2 Å². The number of carbonyl (C=O) groups is 1. The van der Waals surface area contributed by atoms with Crippen LogP contribution < -0.4 is 5.56 Å². The Morgan fingerprint density at radius 2 is 2.19 bits per heavy atom. The zero-order chi connectivity index (χ0) is 18.3. The molecule has 26 heavy (non-hydrogen) atoms. The van der Waals surface area contributed by atoms with Gasteiger partial charge in [0, 0.05) is 4.88 Å². The maximum absolute atomic E-state index is 12.5. The molecule has 6 heteroatoms. The van der Waals surface area contributed by atoms with Crippen LogP contribution in [-0.4, -0.2) is 15.9 Å². The molecule has 2 atom stereocenters. The monoisotopic (exact) mass is 368 g/mol. The van der Waals surface area contributed by atoms with Crippen LogP contribution in [0.4, 0.5) is 0 Å². The van der Waals surface area contributed by atoms with E-state index in [9.17, 15) is 9.59 Å². The van der Waals surface area contributed by atoms with Gasteiger partial charge in [-0.3, -0.25) is 4.79 Å². The van der Waals surface area contributed by atoms with E-state index in [4.69, 9.17) is 4.74 Å². The van der Waals surface area contributed by atoms with Gasteiger partial charge in [0.1, 0.15) is 4.88 Å². The first-order valence-corrected chi connectivity index (χ1v) is 9.64. The summed E-state index contributed by atoms with van der Waals surface area (Å²) in [6, 6.07) is 9.07. The molecule has 0 saturated heterocycles. The third-order valence-electron chi connectivity index (χ3n) is 4.83. The average molecular weight is 368 g/mol. The first-order valence-electron chi connectivity index (χ1n) is 8.83. The third-order valence-corrected chi connectivity index (χ3v) is 6.05. The van der Waals surface area contributed by atoms with E-state index in [1.165, 1.54) is 28.2 Å². The summed E-state index contributed by atoms with van der Waals surface area (Å²) < 4.78 is 5.57. The van der Waals surface area contributed by atoms with Crippen LogP contribution in [0.2, 0.25) is 0 Å². The first kappa shape index (κ1) is 17.0. The van der Waals surface area contributed by atoms with Gasteiger partial charge in [0.05, 0.1) is 10.9 Å². The number of aromatic nitrogens is 2.